The van der Waals surface area contributed by atoms with Gasteiger partial charge in [-0.1, -0.05) is 27.4 Å². The minimum absolute atomic E-state index is 0.0236. The molecule has 138 valence electrons. The Bertz CT molecular complexity index is 642. The van der Waals surface area contributed by atoms with Gasteiger partial charge in [0, 0.05) is 24.5 Å². The van der Waals surface area contributed by atoms with Crippen molar-refractivity contribution in [3.05, 3.63) is 18.5 Å². The number of rotatable bonds is 6. The Balaban J connectivity index is 1.87. The highest BCUT2D eigenvalue weighted by Gasteiger charge is 2.32. The molecule has 0 saturated carbocycles. The van der Waals surface area contributed by atoms with Crippen molar-refractivity contribution in [3.63, 3.8) is 0 Å². The normalized spacial score (nSPS) is 17.6. The first-order chi connectivity index (χ1) is 11.6. The third-order valence-electron chi connectivity index (χ3n) is 4.43. The summed E-state index contributed by atoms with van der Waals surface area (Å²) >= 11 is 0. The number of hydrogen-bond acceptors (Lipinski definition) is 5. The lowest BCUT2D eigenvalue weighted by Crippen LogP contribution is -2.51. The summed E-state index contributed by atoms with van der Waals surface area (Å²) in [6.07, 6.45) is 2.17. The fourth-order valence-corrected chi connectivity index (χ4v) is 3.01. The molecule has 2 rings (SSSR count). The monoisotopic (exact) mass is 348 g/mol. The van der Waals surface area contributed by atoms with Crippen molar-refractivity contribution < 1.29 is 9.59 Å². The van der Waals surface area contributed by atoms with E-state index in [0.717, 1.165) is 19.5 Å². The van der Waals surface area contributed by atoms with E-state index in [-0.39, 0.29) is 23.3 Å². The van der Waals surface area contributed by atoms with E-state index in [9.17, 15) is 9.59 Å². The fraction of sp³-hybridized carbons (Fsp3) is 0.706. The summed E-state index contributed by atoms with van der Waals surface area (Å²) in [6, 6.07) is -0.456. The SMILES string of the molecule is C=CC(=O)N1CC(CC(C)NC(=O)C(C)n2nnnc2C(C)(C)C)C1. The third-order valence-corrected chi connectivity index (χ3v) is 4.43. The maximum Gasteiger partial charge on any atom is 0.245 e. The molecule has 8 nitrogen and oxygen atoms in total. The van der Waals surface area contributed by atoms with Gasteiger partial charge in [0.05, 0.1) is 0 Å². The number of tetrazole rings is 1. The van der Waals surface area contributed by atoms with Crippen LogP contribution in [0.4, 0.5) is 0 Å². The lowest BCUT2D eigenvalue weighted by molar-refractivity contribution is -0.133. The van der Waals surface area contributed by atoms with E-state index in [2.05, 4.69) is 27.4 Å². The number of aromatic nitrogens is 4. The summed E-state index contributed by atoms with van der Waals surface area (Å²) in [5.74, 6) is 0.951. The average Bonchev–Trinajstić information content (AvgIpc) is 2.98. The molecule has 1 aromatic rings. The van der Waals surface area contributed by atoms with Crippen LogP contribution < -0.4 is 5.32 Å². The fourth-order valence-electron chi connectivity index (χ4n) is 3.01. The van der Waals surface area contributed by atoms with E-state index >= 15 is 0 Å². The van der Waals surface area contributed by atoms with E-state index in [4.69, 9.17) is 0 Å². The number of carbonyl (C=O) groups excluding carboxylic acids is 2. The van der Waals surface area contributed by atoms with Crippen LogP contribution in [0.5, 0.6) is 0 Å². The Hall–Kier alpha value is -2.25. The maximum absolute atomic E-state index is 12.5. The van der Waals surface area contributed by atoms with E-state index in [1.807, 2.05) is 27.7 Å². The minimum atomic E-state index is -0.480. The van der Waals surface area contributed by atoms with Gasteiger partial charge >= 0.3 is 0 Å². The molecule has 0 aromatic carbocycles. The van der Waals surface area contributed by atoms with Gasteiger partial charge in [0.2, 0.25) is 11.8 Å². The molecule has 1 aromatic heterocycles. The van der Waals surface area contributed by atoms with Crippen molar-refractivity contribution in [1.82, 2.24) is 30.4 Å². The zero-order valence-electron chi connectivity index (χ0n) is 15.7. The summed E-state index contributed by atoms with van der Waals surface area (Å²) in [4.78, 5) is 25.7. The molecule has 1 aliphatic rings. The third kappa shape index (κ3) is 4.43. The van der Waals surface area contributed by atoms with Crippen LogP contribution in [0.3, 0.4) is 0 Å². The summed E-state index contributed by atoms with van der Waals surface area (Å²) in [7, 11) is 0. The Morgan fingerprint density at radius 3 is 2.56 bits per heavy atom. The molecule has 25 heavy (non-hydrogen) atoms. The summed E-state index contributed by atoms with van der Waals surface area (Å²) < 4.78 is 1.58. The number of nitrogens with zero attached hydrogens (tertiary/aromatic N) is 5. The molecule has 2 atom stereocenters. The topological polar surface area (TPSA) is 93.0 Å². The van der Waals surface area contributed by atoms with E-state index in [1.165, 1.54) is 6.08 Å². The number of nitrogens with one attached hydrogen (secondary N) is 1. The molecule has 1 saturated heterocycles. The van der Waals surface area contributed by atoms with E-state index in [1.54, 1.807) is 16.5 Å². The molecule has 0 spiro atoms. The molecule has 0 bridgehead atoms. The highest BCUT2D eigenvalue weighted by atomic mass is 16.2. The van der Waals surface area contributed by atoms with Crippen LogP contribution in [0.25, 0.3) is 0 Å². The van der Waals surface area contributed by atoms with Crippen molar-refractivity contribution >= 4 is 11.8 Å². The van der Waals surface area contributed by atoms with Crippen LogP contribution in [-0.4, -0.2) is 56.1 Å². The average molecular weight is 348 g/mol. The van der Waals surface area contributed by atoms with Crippen molar-refractivity contribution in [2.45, 2.75) is 58.5 Å². The second-order valence-corrected chi connectivity index (χ2v) is 7.83. The van der Waals surface area contributed by atoms with Gasteiger partial charge in [-0.3, -0.25) is 9.59 Å². The van der Waals surface area contributed by atoms with E-state index < -0.39 is 6.04 Å². The zero-order valence-corrected chi connectivity index (χ0v) is 15.7. The van der Waals surface area contributed by atoms with Gasteiger partial charge < -0.3 is 10.2 Å². The lowest BCUT2D eigenvalue weighted by Gasteiger charge is -2.40. The molecule has 2 amide bonds. The number of amides is 2. The highest BCUT2D eigenvalue weighted by Crippen LogP contribution is 2.23. The van der Waals surface area contributed by atoms with Crippen LogP contribution in [0.1, 0.15) is 52.9 Å². The Labute approximate surface area is 148 Å². The van der Waals surface area contributed by atoms with Gasteiger partial charge in [0.1, 0.15) is 6.04 Å². The molecule has 1 N–H and O–H groups in total. The molecule has 0 radical (unpaired) electrons. The van der Waals surface area contributed by atoms with Gasteiger partial charge in [-0.25, -0.2) is 4.68 Å². The van der Waals surface area contributed by atoms with Crippen LogP contribution in [-0.2, 0) is 15.0 Å². The van der Waals surface area contributed by atoms with Crippen LogP contribution in [0.2, 0.25) is 0 Å². The number of carbonyl (C=O) groups is 2. The molecule has 1 aliphatic heterocycles. The second kappa shape index (κ2) is 7.33. The molecule has 1 fully saturated rings. The lowest BCUT2D eigenvalue weighted by atomic mass is 9.92. The predicted molar refractivity (Wildman–Crippen MR) is 93.7 cm³/mol. The van der Waals surface area contributed by atoms with E-state index in [0.29, 0.717) is 11.7 Å². The van der Waals surface area contributed by atoms with Crippen LogP contribution in [0, 0.1) is 5.92 Å². The smallest absolute Gasteiger partial charge is 0.245 e. The minimum Gasteiger partial charge on any atom is -0.352 e. The standard InChI is InChI=1S/C17H28N6O2/c1-7-14(24)22-9-13(10-22)8-11(2)18-15(25)12(3)23-16(17(4,5)6)19-20-21-23/h7,11-13H,1,8-10H2,2-6H3,(H,18,25). The maximum atomic E-state index is 12.5. The summed E-state index contributed by atoms with van der Waals surface area (Å²) in [5.41, 5.74) is -0.239. The van der Waals surface area contributed by atoms with Gasteiger partial charge in [-0.05, 0) is 42.7 Å². The molecule has 0 aliphatic carbocycles. The molecule has 8 heteroatoms. The zero-order chi connectivity index (χ0) is 18.8. The highest BCUT2D eigenvalue weighted by molar-refractivity contribution is 5.87. The molecule has 2 unspecified atom stereocenters. The van der Waals surface area contributed by atoms with Crippen LogP contribution >= 0.6 is 0 Å². The first-order valence-electron chi connectivity index (χ1n) is 8.63. The summed E-state index contributed by atoms with van der Waals surface area (Å²) in [6.45, 7) is 14.7. The second-order valence-electron chi connectivity index (χ2n) is 7.83. The molecular weight excluding hydrogens is 320 g/mol. The first kappa shape index (κ1) is 19.1. The van der Waals surface area contributed by atoms with Crippen molar-refractivity contribution in [2.24, 2.45) is 5.92 Å². The summed E-state index contributed by atoms with van der Waals surface area (Å²) in [5, 5.41) is 14.8. The van der Waals surface area contributed by atoms with Gasteiger partial charge in [-0.15, -0.1) is 5.10 Å². The van der Waals surface area contributed by atoms with Gasteiger partial charge in [0.15, 0.2) is 5.82 Å². The molecular formula is C17H28N6O2. The first-order valence-corrected chi connectivity index (χ1v) is 8.63. The number of hydrogen-bond donors (Lipinski definition) is 1. The largest absolute Gasteiger partial charge is 0.352 e. The Morgan fingerprint density at radius 2 is 2.00 bits per heavy atom. The Kier molecular flexibility index (Phi) is 5.59. The predicted octanol–water partition coefficient (Wildman–Crippen LogP) is 1.07. The quantitative estimate of drug-likeness (QED) is 0.776. The Morgan fingerprint density at radius 1 is 1.36 bits per heavy atom. The number of likely N-dealkylation sites (tertiary alicyclic amines) is 1. The van der Waals surface area contributed by atoms with Crippen molar-refractivity contribution in [2.75, 3.05) is 13.1 Å². The molecule has 2 heterocycles. The van der Waals surface area contributed by atoms with Gasteiger partial charge in [0.25, 0.3) is 0 Å². The van der Waals surface area contributed by atoms with Crippen LogP contribution in [0.15, 0.2) is 12.7 Å². The van der Waals surface area contributed by atoms with Crippen molar-refractivity contribution in [1.29, 1.82) is 0 Å². The van der Waals surface area contributed by atoms with Crippen molar-refractivity contribution in [3.8, 4) is 0 Å². The van der Waals surface area contributed by atoms with Gasteiger partial charge in [-0.2, -0.15) is 0 Å².